The molecule has 0 fully saturated rings. The molecule has 7 heteroatoms. The normalized spacial score (nSPS) is 13.6. The van der Waals surface area contributed by atoms with Crippen molar-refractivity contribution in [3.63, 3.8) is 0 Å². The standard InChI is InChI=1S/C6H8F3NO3/c1-2-3(10)4(11)13-5(12)6(7,8)9/h3H,2,10H2,1H3/t3-/m0/s1. The van der Waals surface area contributed by atoms with Gasteiger partial charge in [0.25, 0.3) is 0 Å². The van der Waals surface area contributed by atoms with Crippen LogP contribution in [0.3, 0.4) is 0 Å². The van der Waals surface area contributed by atoms with Crippen LogP contribution < -0.4 is 5.73 Å². The van der Waals surface area contributed by atoms with Gasteiger partial charge < -0.3 is 10.5 Å². The Kier molecular flexibility index (Phi) is 3.86. The van der Waals surface area contributed by atoms with Gasteiger partial charge in [-0.15, -0.1) is 0 Å². The summed E-state index contributed by atoms with van der Waals surface area (Å²) in [6.07, 6.45) is -5.06. The van der Waals surface area contributed by atoms with Crippen LogP contribution in [0.1, 0.15) is 13.3 Å². The maximum Gasteiger partial charge on any atom is 0.491 e. The molecule has 0 saturated carbocycles. The Morgan fingerprint density at radius 1 is 1.46 bits per heavy atom. The predicted molar refractivity (Wildman–Crippen MR) is 35.4 cm³/mol. The summed E-state index contributed by atoms with van der Waals surface area (Å²) in [6.45, 7) is 1.48. The molecule has 0 bridgehead atoms. The van der Waals surface area contributed by atoms with Crippen LogP contribution in [-0.2, 0) is 14.3 Å². The fourth-order valence-electron chi connectivity index (χ4n) is 0.392. The number of carbonyl (C=O) groups is 2. The van der Waals surface area contributed by atoms with E-state index in [1.54, 1.807) is 0 Å². The van der Waals surface area contributed by atoms with Gasteiger partial charge in [0.05, 0.1) is 0 Å². The molecule has 0 rings (SSSR count). The molecule has 0 aromatic carbocycles. The Hall–Kier alpha value is -1.11. The fraction of sp³-hybridized carbons (Fsp3) is 0.667. The molecule has 0 radical (unpaired) electrons. The van der Waals surface area contributed by atoms with Crippen molar-refractivity contribution in [1.82, 2.24) is 0 Å². The molecule has 1 atom stereocenters. The van der Waals surface area contributed by atoms with E-state index < -0.39 is 24.2 Å². The Bertz CT molecular complexity index is 214. The molecule has 2 N–H and O–H groups in total. The zero-order valence-electron chi connectivity index (χ0n) is 6.72. The summed E-state index contributed by atoms with van der Waals surface area (Å²) in [6, 6.07) is -1.20. The highest BCUT2D eigenvalue weighted by Gasteiger charge is 2.42. The molecule has 0 saturated heterocycles. The first kappa shape index (κ1) is 11.9. The second-order valence-corrected chi connectivity index (χ2v) is 2.22. The van der Waals surface area contributed by atoms with Gasteiger partial charge in [0.2, 0.25) is 0 Å². The van der Waals surface area contributed by atoms with Crippen molar-refractivity contribution in [3.05, 3.63) is 0 Å². The molecule has 0 aromatic heterocycles. The van der Waals surface area contributed by atoms with Crippen LogP contribution >= 0.6 is 0 Å². The molecule has 0 aliphatic rings. The quantitative estimate of drug-likeness (QED) is 0.514. The third kappa shape index (κ3) is 3.88. The lowest BCUT2D eigenvalue weighted by molar-refractivity contribution is -0.202. The third-order valence-electron chi connectivity index (χ3n) is 1.17. The minimum absolute atomic E-state index is 0.101. The van der Waals surface area contributed by atoms with Crippen LogP contribution in [0.4, 0.5) is 13.2 Å². The number of nitrogens with two attached hydrogens (primary N) is 1. The summed E-state index contributed by atoms with van der Waals surface area (Å²) in [7, 11) is 0. The van der Waals surface area contributed by atoms with Gasteiger partial charge in [-0.05, 0) is 6.42 Å². The highest BCUT2D eigenvalue weighted by molar-refractivity contribution is 5.90. The highest BCUT2D eigenvalue weighted by atomic mass is 19.4. The van der Waals surface area contributed by atoms with Gasteiger partial charge in [0.1, 0.15) is 6.04 Å². The summed E-state index contributed by atoms with van der Waals surface area (Å²) >= 11 is 0. The summed E-state index contributed by atoms with van der Waals surface area (Å²) < 4.78 is 38.0. The average molecular weight is 199 g/mol. The van der Waals surface area contributed by atoms with E-state index in [0.717, 1.165) is 0 Å². The van der Waals surface area contributed by atoms with E-state index in [4.69, 9.17) is 5.73 Å². The Morgan fingerprint density at radius 2 is 1.92 bits per heavy atom. The summed E-state index contributed by atoms with van der Waals surface area (Å²) in [5.41, 5.74) is 5.01. The van der Waals surface area contributed by atoms with Gasteiger partial charge in [0, 0.05) is 0 Å². The second-order valence-electron chi connectivity index (χ2n) is 2.22. The van der Waals surface area contributed by atoms with Crippen LogP contribution in [0.15, 0.2) is 0 Å². The number of alkyl halides is 3. The van der Waals surface area contributed by atoms with E-state index in [-0.39, 0.29) is 6.42 Å². The van der Waals surface area contributed by atoms with Crippen LogP contribution in [0, 0.1) is 0 Å². The number of halogens is 3. The fourth-order valence-corrected chi connectivity index (χ4v) is 0.392. The van der Waals surface area contributed by atoms with Crippen molar-refractivity contribution >= 4 is 11.9 Å². The van der Waals surface area contributed by atoms with Crippen LogP contribution in [0.2, 0.25) is 0 Å². The van der Waals surface area contributed by atoms with Gasteiger partial charge in [-0.1, -0.05) is 6.92 Å². The Labute approximate surface area is 71.8 Å². The number of hydrogen-bond donors (Lipinski definition) is 1. The highest BCUT2D eigenvalue weighted by Crippen LogP contribution is 2.16. The molecule has 0 unspecified atom stereocenters. The van der Waals surface area contributed by atoms with E-state index in [0.29, 0.717) is 0 Å². The van der Waals surface area contributed by atoms with Gasteiger partial charge in [-0.3, -0.25) is 0 Å². The molecule has 0 aliphatic heterocycles. The van der Waals surface area contributed by atoms with Crippen molar-refractivity contribution in [1.29, 1.82) is 0 Å². The van der Waals surface area contributed by atoms with Crippen molar-refractivity contribution in [2.24, 2.45) is 5.73 Å². The zero-order chi connectivity index (χ0) is 10.6. The summed E-state index contributed by atoms with van der Waals surface area (Å²) in [5.74, 6) is -3.91. The van der Waals surface area contributed by atoms with Gasteiger partial charge in [0.15, 0.2) is 0 Å². The molecule has 76 valence electrons. The number of esters is 2. The SMILES string of the molecule is CC[C@H](N)C(=O)OC(=O)C(F)(F)F. The first-order valence-corrected chi connectivity index (χ1v) is 3.37. The monoisotopic (exact) mass is 199 g/mol. The van der Waals surface area contributed by atoms with Crippen molar-refractivity contribution in [2.75, 3.05) is 0 Å². The zero-order valence-corrected chi connectivity index (χ0v) is 6.72. The minimum atomic E-state index is -5.16. The van der Waals surface area contributed by atoms with E-state index in [2.05, 4.69) is 4.74 Å². The second kappa shape index (κ2) is 4.22. The Balaban J connectivity index is 4.16. The molecular weight excluding hydrogens is 191 g/mol. The van der Waals surface area contributed by atoms with Crippen molar-refractivity contribution in [3.8, 4) is 0 Å². The first-order valence-electron chi connectivity index (χ1n) is 3.37. The van der Waals surface area contributed by atoms with Gasteiger partial charge in [-0.25, -0.2) is 9.59 Å². The largest absolute Gasteiger partial charge is 0.491 e. The molecule has 0 aliphatic carbocycles. The summed E-state index contributed by atoms with van der Waals surface area (Å²) in [5, 5.41) is 0. The molecule has 0 amide bonds. The van der Waals surface area contributed by atoms with Gasteiger partial charge in [-0.2, -0.15) is 13.2 Å². The molecule has 4 nitrogen and oxygen atoms in total. The van der Waals surface area contributed by atoms with Crippen molar-refractivity contribution in [2.45, 2.75) is 25.6 Å². The molecule has 0 spiro atoms. The number of hydrogen-bond acceptors (Lipinski definition) is 4. The minimum Gasteiger partial charge on any atom is -0.385 e. The lowest BCUT2D eigenvalue weighted by atomic mass is 10.2. The van der Waals surface area contributed by atoms with E-state index >= 15 is 0 Å². The van der Waals surface area contributed by atoms with Crippen LogP contribution in [0.5, 0.6) is 0 Å². The summed E-state index contributed by atoms with van der Waals surface area (Å²) in [4.78, 5) is 20.6. The van der Waals surface area contributed by atoms with Crippen LogP contribution in [0.25, 0.3) is 0 Å². The molecular formula is C6H8F3NO3. The predicted octanol–water partition coefficient (Wildman–Crippen LogP) is 0.356. The smallest absolute Gasteiger partial charge is 0.385 e. The lowest BCUT2D eigenvalue weighted by Crippen LogP contribution is -2.37. The maximum absolute atomic E-state index is 11.5. The maximum atomic E-state index is 11.5. The van der Waals surface area contributed by atoms with Crippen LogP contribution in [-0.4, -0.2) is 24.2 Å². The van der Waals surface area contributed by atoms with Gasteiger partial charge >= 0.3 is 18.1 Å². The van der Waals surface area contributed by atoms with E-state index in [1.165, 1.54) is 6.92 Å². The first-order chi connectivity index (χ1) is 5.79. The average Bonchev–Trinajstić information content (AvgIpc) is 2.01. The van der Waals surface area contributed by atoms with Crippen molar-refractivity contribution < 1.29 is 27.5 Å². The topological polar surface area (TPSA) is 69.4 Å². The Morgan fingerprint density at radius 3 is 2.23 bits per heavy atom. The molecule has 0 aromatic rings. The number of ether oxygens (including phenoxy) is 1. The number of carbonyl (C=O) groups excluding carboxylic acids is 2. The molecule has 13 heavy (non-hydrogen) atoms. The van der Waals surface area contributed by atoms with E-state index in [9.17, 15) is 22.8 Å². The lowest BCUT2D eigenvalue weighted by Gasteiger charge is -2.08. The van der Waals surface area contributed by atoms with E-state index in [1.807, 2.05) is 0 Å². The number of rotatable bonds is 2. The third-order valence-corrected chi connectivity index (χ3v) is 1.17. The molecule has 0 heterocycles.